The maximum atomic E-state index is 3.82. The van der Waals surface area contributed by atoms with Crippen molar-refractivity contribution < 1.29 is 0 Å². The van der Waals surface area contributed by atoms with Crippen molar-refractivity contribution in [3.8, 4) is 11.8 Å². The lowest BCUT2D eigenvalue weighted by Crippen LogP contribution is -1.90. The summed E-state index contributed by atoms with van der Waals surface area (Å²) in [6.45, 7) is 0. The Labute approximate surface area is 299 Å². The van der Waals surface area contributed by atoms with E-state index in [1.165, 1.54) is 94.5 Å². The van der Waals surface area contributed by atoms with E-state index in [2.05, 4.69) is 162 Å². The van der Waals surface area contributed by atoms with Gasteiger partial charge in [0.2, 0.25) is 0 Å². The van der Waals surface area contributed by atoms with Gasteiger partial charge in [0.05, 0.1) is 11.0 Å². The van der Waals surface area contributed by atoms with E-state index in [1.807, 2.05) is 22.7 Å². The highest BCUT2D eigenvalue weighted by Gasteiger charge is 2.19. The fraction of sp³-hybridized carbons (Fsp3) is 0.0213. The van der Waals surface area contributed by atoms with Crippen molar-refractivity contribution in [1.29, 1.82) is 0 Å². The molecule has 0 spiro atoms. The van der Waals surface area contributed by atoms with Gasteiger partial charge in [0, 0.05) is 113 Å². The van der Waals surface area contributed by atoms with E-state index in [1.54, 1.807) is 0 Å². The molecule has 4 heteroatoms. The number of thiophene rings is 2. The molecule has 0 aliphatic carbocycles. The Balaban J connectivity index is 1.22. The number of hydrogen-bond donors (Lipinski definition) is 1. The zero-order chi connectivity index (χ0) is 33.4. The van der Waals surface area contributed by atoms with Gasteiger partial charge in [-0.15, -0.1) is 22.7 Å². The Kier molecular flexibility index (Phi) is 5.42. The molecule has 4 aromatic heterocycles. The third-order valence-corrected chi connectivity index (χ3v) is 13.4. The molecular formula is C47H26N2S2. The van der Waals surface area contributed by atoms with Crippen molar-refractivity contribution in [2.75, 3.05) is 0 Å². The van der Waals surface area contributed by atoms with E-state index in [0.29, 0.717) is 0 Å². The molecule has 0 fully saturated rings. The molecule has 236 valence electrons. The first-order chi connectivity index (χ1) is 25.2. The Morgan fingerprint density at radius 3 is 1.71 bits per heavy atom. The topological polar surface area (TPSA) is 20.7 Å². The number of fused-ring (bicyclic) bond motifs is 18. The number of benzene rings is 8. The maximum absolute atomic E-state index is 3.82. The summed E-state index contributed by atoms with van der Waals surface area (Å²) in [6, 6.07) is 48.9. The van der Waals surface area contributed by atoms with E-state index in [9.17, 15) is 0 Å². The minimum atomic E-state index is 1.05. The van der Waals surface area contributed by atoms with Gasteiger partial charge in [0.15, 0.2) is 0 Å². The Morgan fingerprint density at radius 2 is 1.00 bits per heavy atom. The van der Waals surface area contributed by atoms with E-state index in [0.717, 1.165) is 22.2 Å². The molecule has 0 radical (unpaired) electrons. The number of aromatic nitrogens is 2. The number of nitrogens with zero attached hydrogens (tertiary/aromatic N) is 1. The largest absolute Gasteiger partial charge is 0.354 e. The van der Waals surface area contributed by atoms with Crippen molar-refractivity contribution in [3.05, 3.63) is 145 Å². The van der Waals surface area contributed by atoms with Gasteiger partial charge in [-0.2, -0.15) is 0 Å². The van der Waals surface area contributed by atoms with Crippen LogP contribution in [0.3, 0.4) is 0 Å². The molecule has 0 saturated carbocycles. The molecule has 8 aromatic carbocycles. The third-order valence-electron chi connectivity index (χ3n) is 11.0. The van der Waals surface area contributed by atoms with Crippen molar-refractivity contribution in [2.45, 2.75) is 0 Å². The fourth-order valence-corrected chi connectivity index (χ4v) is 11.1. The van der Waals surface area contributed by atoms with Crippen LogP contribution in [0.4, 0.5) is 0 Å². The van der Waals surface area contributed by atoms with Crippen LogP contribution in [0.1, 0.15) is 11.1 Å². The molecular weight excluding hydrogens is 657 g/mol. The minimum Gasteiger partial charge on any atom is -0.354 e. The Hall–Kier alpha value is -6.12. The number of para-hydroxylation sites is 2. The van der Waals surface area contributed by atoms with Crippen LogP contribution in [0.15, 0.2) is 133 Å². The van der Waals surface area contributed by atoms with Crippen LogP contribution in [0.5, 0.6) is 0 Å². The summed E-state index contributed by atoms with van der Waals surface area (Å²) in [5.74, 6) is 7.62. The third kappa shape index (κ3) is 3.67. The number of hydrogen-bond acceptors (Lipinski definition) is 2. The molecule has 0 atom stereocenters. The molecule has 0 unspecified atom stereocenters. The first kappa shape index (κ1) is 27.7. The van der Waals surface area contributed by atoms with Crippen LogP contribution >= 0.6 is 22.7 Å². The SMILES string of the molecule is Cn1c2ccccc2c2c(C#Cc3cc4c(ccc5c6ccccc6sc54)c4[nH]c5ccccc5c34)cc3c(ccc4c5ccccc5sc43)c21. The lowest BCUT2D eigenvalue weighted by Gasteiger charge is -2.08. The van der Waals surface area contributed by atoms with Gasteiger partial charge in [-0.3, -0.25) is 0 Å². The molecule has 4 heterocycles. The molecule has 0 saturated heterocycles. The van der Waals surface area contributed by atoms with Gasteiger partial charge < -0.3 is 9.55 Å². The van der Waals surface area contributed by atoms with Crippen LogP contribution in [-0.4, -0.2) is 9.55 Å². The quantitative estimate of drug-likeness (QED) is 0.154. The van der Waals surface area contributed by atoms with Gasteiger partial charge in [-0.25, -0.2) is 0 Å². The summed E-state index contributed by atoms with van der Waals surface area (Å²) >= 11 is 3.76. The molecule has 0 amide bonds. The second-order valence-corrected chi connectivity index (χ2v) is 15.7. The highest BCUT2D eigenvalue weighted by Crippen LogP contribution is 2.45. The van der Waals surface area contributed by atoms with Crippen LogP contribution in [0, 0.1) is 11.8 Å². The number of aromatic amines is 1. The molecule has 51 heavy (non-hydrogen) atoms. The molecule has 0 aliphatic rings. The lowest BCUT2D eigenvalue weighted by molar-refractivity contribution is 1.02. The van der Waals surface area contributed by atoms with E-state index in [4.69, 9.17) is 0 Å². The first-order valence-electron chi connectivity index (χ1n) is 17.2. The zero-order valence-corrected chi connectivity index (χ0v) is 29.1. The first-order valence-corrected chi connectivity index (χ1v) is 18.9. The smallest absolute Gasteiger partial charge is 0.0581 e. The van der Waals surface area contributed by atoms with Gasteiger partial charge in [0.1, 0.15) is 0 Å². The monoisotopic (exact) mass is 682 g/mol. The van der Waals surface area contributed by atoms with Crippen molar-refractivity contribution in [1.82, 2.24) is 9.55 Å². The van der Waals surface area contributed by atoms with Gasteiger partial charge >= 0.3 is 0 Å². The number of rotatable bonds is 0. The molecule has 2 nitrogen and oxygen atoms in total. The lowest BCUT2D eigenvalue weighted by atomic mass is 9.97. The fourth-order valence-electron chi connectivity index (χ4n) is 8.70. The number of nitrogens with one attached hydrogen (secondary N) is 1. The second-order valence-electron chi connectivity index (χ2n) is 13.6. The highest BCUT2D eigenvalue weighted by atomic mass is 32.1. The minimum absolute atomic E-state index is 1.05. The summed E-state index contributed by atoms with van der Waals surface area (Å²) in [6.07, 6.45) is 0. The number of aryl methyl sites for hydroxylation is 1. The summed E-state index contributed by atoms with van der Waals surface area (Å²) in [5.41, 5.74) is 6.85. The standard InChI is InChI=1S/C47H26N2S2/c1-49-39-15-7-3-13-35(39)43-27(25-37-31(45(43)49)21-23-33-29-11-5-9-17-41(29)51-47(33)37)19-18-26-24-36-30(44-42(26)34-12-2-6-14-38(34)48-44)20-22-32-28-10-4-8-16-40(28)50-46(32)36/h2-17,20-25,48H,1H3. The predicted molar refractivity (Wildman–Crippen MR) is 223 cm³/mol. The second kappa shape index (κ2) is 9.99. The van der Waals surface area contributed by atoms with Crippen LogP contribution in [0.2, 0.25) is 0 Å². The van der Waals surface area contributed by atoms with Gasteiger partial charge in [-0.05, 0) is 36.4 Å². The molecule has 0 bridgehead atoms. The summed E-state index contributed by atoms with van der Waals surface area (Å²) in [7, 11) is 2.20. The van der Waals surface area contributed by atoms with E-state index >= 15 is 0 Å². The summed E-state index contributed by atoms with van der Waals surface area (Å²) in [5, 5.41) is 15.1. The maximum Gasteiger partial charge on any atom is 0.0581 e. The number of H-pyrrole nitrogens is 1. The van der Waals surface area contributed by atoms with Gasteiger partial charge in [0.25, 0.3) is 0 Å². The average Bonchev–Trinajstić information content (AvgIpc) is 3.93. The van der Waals surface area contributed by atoms with Gasteiger partial charge in [-0.1, -0.05) is 109 Å². The van der Waals surface area contributed by atoms with Crippen LogP contribution in [-0.2, 0) is 7.05 Å². The summed E-state index contributed by atoms with van der Waals surface area (Å²) < 4.78 is 7.62. The summed E-state index contributed by atoms with van der Waals surface area (Å²) in [4.78, 5) is 3.81. The Morgan fingerprint density at radius 1 is 0.471 bits per heavy atom. The molecule has 12 rings (SSSR count). The van der Waals surface area contributed by atoms with E-state index < -0.39 is 0 Å². The van der Waals surface area contributed by atoms with Crippen molar-refractivity contribution in [2.24, 2.45) is 7.05 Å². The van der Waals surface area contributed by atoms with Crippen molar-refractivity contribution in [3.63, 3.8) is 0 Å². The molecule has 1 N–H and O–H groups in total. The average molecular weight is 683 g/mol. The molecule has 0 aliphatic heterocycles. The van der Waals surface area contributed by atoms with Crippen LogP contribution in [0.25, 0.3) is 106 Å². The predicted octanol–water partition coefficient (Wildman–Crippen LogP) is 13.4. The molecule has 12 aromatic rings. The van der Waals surface area contributed by atoms with E-state index in [-0.39, 0.29) is 0 Å². The Bertz CT molecular complexity index is 3560. The highest BCUT2D eigenvalue weighted by molar-refractivity contribution is 7.27. The normalized spacial score (nSPS) is 12.3. The zero-order valence-electron chi connectivity index (χ0n) is 27.5. The van der Waals surface area contributed by atoms with Crippen LogP contribution < -0.4 is 0 Å². The van der Waals surface area contributed by atoms with Crippen molar-refractivity contribution >= 4 is 128 Å².